The zero-order chi connectivity index (χ0) is 10.1. The summed E-state index contributed by atoms with van der Waals surface area (Å²) in [4.78, 5) is 11.5. The third kappa shape index (κ3) is 1.80. The highest BCUT2D eigenvalue weighted by Gasteiger charge is 2.45. The van der Waals surface area contributed by atoms with Crippen molar-refractivity contribution in [2.45, 2.75) is 18.0 Å². The first-order valence-corrected chi connectivity index (χ1v) is 5.00. The van der Waals surface area contributed by atoms with E-state index in [1.807, 2.05) is 18.2 Å². The number of carbonyl (C=O) groups excluding carboxylic acids is 1. The van der Waals surface area contributed by atoms with Crippen LogP contribution in [-0.4, -0.2) is 12.0 Å². The van der Waals surface area contributed by atoms with E-state index >= 15 is 0 Å². The summed E-state index contributed by atoms with van der Waals surface area (Å²) in [6.07, 6.45) is -0.623. The maximum Gasteiger partial charge on any atom is 0.161 e. The quantitative estimate of drug-likeness (QED) is 0.705. The van der Waals surface area contributed by atoms with E-state index in [1.165, 1.54) is 0 Å². The molecule has 0 spiro atoms. The van der Waals surface area contributed by atoms with Gasteiger partial charge >= 0.3 is 0 Å². The lowest BCUT2D eigenvalue weighted by Crippen LogP contribution is -2.10. The third-order valence-electron chi connectivity index (χ3n) is 2.42. The van der Waals surface area contributed by atoms with Crippen LogP contribution in [0.3, 0.4) is 0 Å². The largest absolute Gasteiger partial charge is 0.297 e. The Morgan fingerprint density at radius 3 is 2.50 bits per heavy atom. The van der Waals surface area contributed by atoms with E-state index in [9.17, 15) is 9.18 Å². The van der Waals surface area contributed by atoms with Crippen molar-refractivity contribution in [1.29, 1.82) is 0 Å². The fourth-order valence-electron chi connectivity index (χ4n) is 1.43. The summed E-state index contributed by atoms with van der Waals surface area (Å²) in [5.41, 5.74) is 0.748. The molecule has 0 saturated heterocycles. The van der Waals surface area contributed by atoms with Crippen molar-refractivity contribution < 1.29 is 9.18 Å². The average molecular weight is 213 g/mol. The number of hydrogen-bond acceptors (Lipinski definition) is 1. The molecule has 0 aromatic heterocycles. The Balaban J connectivity index is 2.09. The van der Waals surface area contributed by atoms with E-state index in [-0.39, 0.29) is 5.78 Å². The normalized spacial score (nSPS) is 27.0. The smallest absolute Gasteiger partial charge is 0.161 e. The highest BCUT2D eigenvalue weighted by molar-refractivity contribution is 6.31. The summed E-state index contributed by atoms with van der Waals surface area (Å²) < 4.78 is 12.6. The monoisotopic (exact) mass is 212 g/mol. The van der Waals surface area contributed by atoms with Crippen molar-refractivity contribution in [3.8, 4) is 0 Å². The van der Waals surface area contributed by atoms with Crippen molar-refractivity contribution in [2.24, 2.45) is 5.92 Å². The highest BCUT2D eigenvalue weighted by Crippen LogP contribution is 2.39. The zero-order valence-electron chi connectivity index (χ0n) is 7.49. The first kappa shape index (κ1) is 9.66. The van der Waals surface area contributed by atoms with Crippen molar-refractivity contribution in [2.75, 3.05) is 0 Å². The third-order valence-corrected chi connectivity index (χ3v) is 2.89. The van der Waals surface area contributed by atoms with Gasteiger partial charge in [0.05, 0.1) is 5.92 Å². The summed E-state index contributed by atoms with van der Waals surface area (Å²) in [5.74, 6) is -0.650. The molecule has 0 amide bonds. The van der Waals surface area contributed by atoms with E-state index in [0.717, 1.165) is 5.56 Å². The molecule has 0 aliphatic heterocycles. The number of carbonyl (C=O) groups is 1. The molecule has 1 fully saturated rings. The lowest BCUT2D eigenvalue weighted by atomic mass is 10.1. The Hall–Kier alpha value is -0.890. The maximum atomic E-state index is 12.6. The topological polar surface area (TPSA) is 17.1 Å². The molecule has 1 aliphatic rings. The molecule has 1 nitrogen and oxygen atoms in total. The lowest BCUT2D eigenvalue weighted by Gasteiger charge is -2.07. The van der Waals surface area contributed by atoms with E-state index in [0.29, 0.717) is 6.42 Å². The first-order valence-electron chi connectivity index (χ1n) is 4.57. The van der Waals surface area contributed by atoms with Crippen LogP contribution in [0.4, 0.5) is 4.39 Å². The minimum atomic E-state index is -0.965. The fraction of sp³-hybridized carbons (Fsp3) is 0.364. The van der Waals surface area contributed by atoms with Crippen LogP contribution in [0.2, 0.25) is 0 Å². The van der Waals surface area contributed by atoms with Gasteiger partial charge in [-0.25, -0.2) is 4.39 Å². The van der Waals surface area contributed by atoms with Crippen LogP contribution in [0.1, 0.15) is 17.4 Å². The Morgan fingerprint density at radius 1 is 1.43 bits per heavy atom. The number of alkyl halides is 2. The molecule has 74 valence electrons. The van der Waals surface area contributed by atoms with Gasteiger partial charge in [-0.1, -0.05) is 30.3 Å². The molecule has 0 heterocycles. The Morgan fingerprint density at radius 2 is 2.00 bits per heavy atom. The number of ketones is 1. The minimum Gasteiger partial charge on any atom is -0.297 e. The minimum absolute atomic E-state index is 0.189. The molecule has 1 aliphatic carbocycles. The number of benzene rings is 1. The second kappa shape index (κ2) is 3.70. The van der Waals surface area contributed by atoms with Crippen molar-refractivity contribution in [3.63, 3.8) is 0 Å². The summed E-state index contributed by atoms with van der Waals surface area (Å²) in [7, 11) is 0. The number of rotatable bonds is 3. The SMILES string of the molecule is O=C(C(Cl)c1ccccc1)C1CC1F. The molecular formula is C11H10ClFO. The molecule has 3 atom stereocenters. The van der Waals surface area contributed by atoms with Crippen LogP contribution in [0.15, 0.2) is 30.3 Å². The Labute approximate surface area is 86.9 Å². The van der Waals surface area contributed by atoms with Gasteiger partial charge in [0.15, 0.2) is 5.78 Å². The van der Waals surface area contributed by atoms with E-state index in [1.54, 1.807) is 12.1 Å². The molecule has 2 rings (SSSR count). The summed E-state index contributed by atoms with van der Waals surface area (Å²) >= 11 is 5.94. The summed E-state index contributed by atoms with van der Waals surface area (Å²) in [5, 5.41) is -0.693. The summed E-state index contributed by atoms with van der Waals surface area (Å²) in [6.45, 7) is 0. The number of halogens is 2. The molecule has 1 saturated carbocycles. The highest BCUT2D eigenvalue weighted by atomic mass is 35.5. The van der Waals surface area contributed by atoms with Gasteiger partial charge in [0.2, 0.25) is 0 Å². The van der Waals surface area contributed by atoms with Crippen molar-refractivity contribution >= 4 is 17.4 Å². The van der Waals surface area contributed by atoms with Gasteiger partial charge in [-0.15, -0.1) is 11.6 Å². The Bertz CT molecular complexity index is 338. The van der Waals surface area contributed by atoms with Crippen LogP contribution in [0, 0.1) is 5.92 Å². The fourth-order valence-corrected chi connectivity index (χ4v) is 1.74. The van der Waals surface area contributed by atoms with Crippen LogP contribution in [-0.2, 0) is 4.79 Å². The molecule has 1 aromatic carbocycles. The number of Topliss-reactive ketones (excluding diaryl/α,β-unsaturated/α-hetero) is 1. The van der Waals surface area contributed by atoms with Crippen LogP contribution in [0.5, 0.6) is 0 Å². The van der Waals surface area contributed by atoms with Crippen molar-refractivity contribution in [3.05, 3.63) is 35.9 Å². The predicted molar refractivity (Wildman–Crippen MR) is 53.0 cm³/mol. The van der Waals surface area contributed by atoms with Gasteiger partial charge in [0.1, 0.15) is 11.5 Å². The van der Waals surface area contributed by atoms with E-state index in [4.69, 9.17) is 11.6 Å². The molecule has 0 bridgehead atoms. The second-order valence-electron chi connectivity index (χ2n) is 3.53. The summed E-state index contributed by atoms with van der Waals surface area (Å²) in [6, 6.07) is 9.05. The van der Waals surface area contributed by atoms with E-state index < -0.39 is 17.5 Å². The number of hydrogen-bond donors (Lipinski definition) is 0. The lowest BCUT2D eigenvalue weighted by molar-refractivity contribution is -0.120. The van der Waals surface area contributed by atoms with Gasteiger partial charge in [0, 0.05) is 0 Å². The van der Waals surface area contributed by atoms with Gasteiger partial charge in [0.25, 0.3) is 0 Å². The molecule has 3 unspecified atom stereocenters. The standard InChI is InChI=1S/C11H10ClFO/c12-10(7-4-2-1-3-5-7)11(14)8-6-9(8)13/h1-5,8-10H,6H2. The molecular weight excluding hydrogens is 203 g/mol. The van der Waals surface area contributed by atoms with Gasteiger partial charge < -0.3 is 0 Å². The first-order chi connectivity index (χ1) is 6.70. The Kier molecular flexibility index (Phi) is 2.55. The molecule has 0 N–H and O–H groups in total. The van der Waals surface area contributed by atoms with Crippen LogP contribution in [0.25, 0.3) is 0 Å². The average Bonchev–Trinajstić information content (AvgIpc) is 2.95. The molecule has 0 radical (unpaired) electrons. The van der Waals surface area contributed by atoms with Gasteiger partial charge in [-0.3, -0.25) is 4.79 Å². The van der Waals surface area contributed by atoms with Crippen molar-refractivity contribution in [1.82, 2.24) is 0 Å². The second-order valence-corrected chi connectivity index (χ2v) is 3.97. The predicted octanol–water partition coefficient (Wildman–Crippen LogP) is 2.89. The molecule has 14 heavy (non-hydrogen) atoms. The molecule has 3 heteroatoms. The van der Waals surface area contributed by atoms with Crippen LogP contribution >= 0.6 is 11.6 Å². The zero-order valence-corrected chi connectivity index (χ0v) is 8.25. The van der Waals surface area contributed by atoms with Gasteiger partial charge in [-0.2, -0.15) is 0 Å². The van der Waals surface area contributed by atoms with Crippen LogP contribution < -0.4 is 0 Å². The van der Waals surface area contributed by atoms with E-state index in [2.05, 4.69) is 0 Å². The maximum absolute atomic E-state index is 12.6. The van der Waals surface area contributed by atoms with Gasteiger partial charge in [-0.05, 0) is 12.0 Å². The molecule has 1 aromatic rings.